The Labute approximate surface area is 171 Å². The number of fused-ring (bicyclic) bond motifs is 1. The molecule has 0 radical (unpaired) electrons. The van der Waals surface area contributed by atoms with Gasteiger partial charge in [-0.25, -0.2) is 0 Å². The Morgan fingerprint density at radius 3 is 2.83 bits per heavy atom. The quantitative estimate of drug-likeness (QED) is 0.800. The van der Waals surface area contributed by atoms with E-state index in [4.69, 9.17) is 5.73 Å². The highest BCUT2D eigenvalue weighted by Gasteiger charge is 2.41. The first kappa shape index (κ1) is 19.6. The van der Waals surface area contributed by atoms with Gasteiger partial charge in [-0.15, -0.1) is 0 Å². The Morgan fingerprint density at radius 1 is 1.24 bits per heavy atom. The van der Waals surface area contributed by atoms with Gasteiger partial charge in [-0.05, 0) is 56.3 Å². The van der Waals surface area contributed by atoms with Crippen molar-refractivity contribution < 1.29 is 4.79 Å². The van der Waals surface area contributed by atoms with Gasteiger partial charge in [-0.2, -0.15) is 15.0 Å². The van der Waals surface area contributed by atoms with E-state index in [1.165, 1.54) is 0 Å². The van der Waals surface area contributed by atoms with Crippen molar-refractivity contribution in [2.75, 3.05) is 31.7 Å². The van der Waals surface area contributed by atoms with Crippen LogP contribution in [0, 0.1) is 18.8 Å². The number of piperidine rings is 1. The van der Waals surface area contributed by atoms with E-state index in [0.29, 0.717) is 42.6 Å². The molecule has 3 N–H and O–H groups in total. The number of nitrogen functional groups attached to an aromatic ring is 1. The Kier molecular flexibility index (Phi) is 5.36. The zero-order chi connectivity index (χ0) is 20.5. The number of likely N-dealkylation sites (tertiary alicyclic amines) is 1. The van der Waals surface area contributed by atoms with Crippen molar-refractivity contribution >= 4 is 23.5 Å². The molecule has 3 atom stereocenters. The standard InChI is InChI=1S/C21H29N7O/c1-13-5-4-6-16(7-13)23-21-25-18(24-20(22)26-21)12-27(2)17-8-14-10-19(29)28(3)11-15(14)9-17/h4-7,14-15,17H,8-12H2,1-3H3,(H3,22,23,24,25,26)/t14-,15+,17-/m1/s1. The molecular formula is C21H29N7O. The number of hydrogen-bond donors (Lipinski definition) is 2. The van der Waals surface area contributed by atoms with E-state index in [-0.39, 0.29) is 11.9 Å². The summed E-state index contributed by atoms with van der Waals surface area (Å²) in [5, 5.41) is 3.22. The van der Waals surface area contributed by atoms with Crippen LogP contribution >= 0.6 is 0 Å². The maximum atomic E-state index is 12.0. The van der Waals surface area contributed by atoms with Crippen LogP contribution in [-0.2, 0) is 11.3 Å². The van der Waals surface area contributed by atoms with Gasteiger partial charge in [-0.1, -0.05) is 12.1 Å². The molecule has 2 aliphatic rings. The third-order valence-electron chi connectivity index (χ3n) is 6.17. The Hall–Kier alpha value is -2.74. The highest BCUT2D eigenvalue weighted by Crippen LogP contribution is 2.40. The zero-order valence-electron chi connectivity index (χ0n) is 17.3. The molecule has 2 aromatic rings. The molecule has 2 heterocycles. The van der Waals surface area contributed by atoms with Crippen LogP contribution in [0.1, 0.15) is 30.7 Å². The van der Waals surface area contributed by atoms with Gasteiger partial charge >= 0.3 is 0 Å². The van der Waals surface area contributed by atoms with Gasteiger partial charge in [0, 0.05) is 31.7 Å². The summed E-state index contributed by atoms with van der Waals surface area (Å²) in [4.78, 5) is 29.3. The molecule has 8 nitrogen and oxygen atoms in total. The number of benzene rings is 1. The lowest BCUT2D eigenvalue weighted by molar-refractivity contribution is -0.134. The molecule has 0 spiro atoms. The summed E-state index contributed by atoms with van der Waals surface area (Å²) in [6, 6.07) is 8.45. The molecule has 1 aromatic carbocycles. The predicted octanol–water partition coefficient (Wildman–Crippen LogP) is 2.19. The van der Waals surface area contributed by atoms with Gasteiger partial charge in [-0.3, -0.25) is 9.69 Å². The molecule has 0 bridgehead atoms. The van der Waals surface area contributed by atoms with Gasteiger partial charge in [0.1, 0.15) is 5.82 Å². The van der Waals surface area contributed by atoms with Gasteiger partial charge in [0.15, 0.2) is 0 Å². The average Bonchev–Trinajstić information content (AvgIpc) is 3.04. The van der Waals surface area contributed by atoms with Crippen molar-refractivity contribution in [1.82, 2.24) is 24.8 Å². The monoisotopic (exact) mass is 395 g/mol. The summed E-state index contributed by atoms with van der Waals surface area (Å²) < 4.78 is 0. The summed E-state index contributed by atoms with van der Waals surface area (Å²) in [5.41, 5.74) is 8.01. The number of carbonyl (C=O) groups is 1. The predicted molar refractivity (Wildman–Crippen MR) is 112 cm³/mol. The molecule has 1 aliphatic carbocycles. The lowest BCUT2D eigenvalue weighted by Crippen LogP contribution is -2.39. The van der Waals surface area contributed by atoms with Gasteiger partial charge in [0.2, 0.25) is 17.8 Å². The largest absolute Gasteiger partial charge is 0.368 e. The maximum absolute atomic E-state index is 12.0. The number of amides is 1. The number of rotatable bonds is 5. The van der Waals surface area contributed by atoms with Crippen LogP contribution in [0.3, 0.4) is 0 Å². The number of aryl methyl sites for hydroxylation is 1. The first-order valence-corrected chi connectivity index (χ1v) is 10.2. The van der Waals surface area contributed by atoms with Crippen molar-refractivity contribution in [3.63, 3.8) is 0 Å². The lowest BCUT2D eigenvalue weighted by atomic mass is 9.88. The average molecular weight is 396 g/mol. The van der Waals surface area contributed by atoms with Crippen LogP contribution in [0.15, 0.2) is 24.3 Å². The van der Waals surface area contributed by atoms with Crippen molar-refractivity contribution in [2.45, 2.75) is 38.8 Å². The molecule has 0 unspecified atom stereocenters. The van der Waals surface area contributed by atoms with Crippen LogP contribution < -0.4 is 11.1 Å². The summed E-state index contributed by atoms with van der Waals surface area (Å²) in [6.07, 6.45) is 2.83. The fourth-order valence-electron chi connectivity index (χ4n) is 4.62. The van der Waals surface area contributed by atoms with Gasteiger partial charge in [0.05, 0.1) is 6.54 Å². The zero-order valence-corrected chi connectivity index (χ0v) is 17.3. The van der Waals surface area contributed by atoms with E-state index >= 15 is 0 Å². The summed E-state index contributed by atoms with van der Waals surface area (Å²) in [6.45, 7) is 3.51. The Balaban J connectivity index is 1.42. The molecule has 29 heavy (non-hydrogen) atoms. The molecule has 1 saturated heterocycles. The van der Waals surface area contributed by atoms with Crippen molar-refractivity contribution in [3.05, 3.63) is 35.7 Å². The highest BCUT2D eigenvalue weighted by molar-refractivity contribution is 5.77. The fraction of sp³-hybridized carbons (Fsp3) is 0.524. The Bertz CT molecular complexity index is 902. The number of nitrogens with one attached hydrogen (secondary N) is 1. The summed E-state index contributed by atoms with van der Waals surface area (Å²) in [5.74, 6) is 2.68. The smallest absolute Gasteiger partial charge is 0.232 e. The SMILES string of the molecule is Cc1cccc(Nc2nc(N)nc(CN(C)[C@@H]3C[C@@H]4CC(=O)N(C)C[C@@H]4C3)n2)c1. The van der Waals surface area contributed by atoms with Gasteiger partial charge < -0.3 is 16.0 Å². The first-order valence-electron chi connectivity index (χ1n) is 10.2. The number of anilines is 3. The number of nitrogens with two attached hydrogens (primary N) is 1. The van der Waals surface area contributed by atoms with E-state index in [0.717, 1.165) is 30.6 Å². The van der Waals surface area contributed by atoms with E-state index in [1.807, 2.05) is 43.1 Å². The molecule has 2 fully saturated rings. The number of nitrogens with zero attached hydrogens (tertiary/aromatic N) is 5. The van der Waals surface area contributed by atoms with E-state index in [2.05, 4.69) is 32.2 Å². The van der Waals surface area contributed by atoms with Crippen molar-refractivity contribution in [3.8, 4) is 0 Å². The van der Waals surface area contributed by atoms with E-state index in [1.54, 1.807) is 0 Å². The van der Waals surface area contributed by atoms with Crippen LogP contribution in [0.25, 0.3) is 0 Å². The minimum absolute atomic E-state index is 0.214. The molecule has 1 aliphatic heterocycles. The number of hydrogen-bond acceptors (Lipinski definition) is 7. The normalized spacial score (nSPS) is 24.1. The Morgan fingerprint density at radius 2 is 2.03 bits per heavy atom. The maximum Gasteiger partial charge on any atom is 0.232 e. The molecule has 1 aromatic heterocycles. The summed E-state index contributed by atoms with van der Waals surface area (Å²) >= 11 is 0. The van der Waals surface area contributed by atoms with Crippen molar-refractivity contribution in [1.29, 1.82) is 0 Å². The molecule has 1 amide bonds. The molecule has 1 saturated carbocycles. The second-order valence-corrected chi connectivity index (χ2v) is 8.47. The highest BCUT2D eigenvalue weighted by atomic mass is 16.2. The van der Waals surface area contributed by atoms with E-state index in [9.17, 15) is 4.79 Å². The molecule has 4 rings (SSSR count). The second-order valence-electron chi connectivity index (χ2n) is 8.47. The van der Waals surface area contributed by atoms with Crippen LogP contribution in [-0.4, -0.2) is 57.3 Å². The third kappa shape index (κ3) is 4.48. The third-order valence-corrected chi connectivity index (χ3v) is 6.17. The minimum atomic E-state index is 0.214. The lowest BCUT2D eigenvalue weighted by Gasteiger charge is -2.31. The number of carbonyl (C=O) groups excluding carboxylic acids is 1. The molecule has 154 valence electrons. The van der Waals surface area contributed by atoms with Crippen LogP contribution in [0.2, 0.25) is 0 Å². The fourth-order valence-corrected chi connectivity index (χ4v) is 4.62. The van der Waals surface area contributed by atoms with Crippen LogP contribution in [0.5, 0.6) is 0 Å². The number of aromatic nitrogens is 3. The minimum Gasteiger partial charge on any atom is -0.368 e. The van der Waals surface area contributed by atoms with Gasteiger partial charge in [0.25, 0.3) is 0 Å². The van der Waals surface area contributed by atoms with Crippen LogP contribution in [0.4, 0.5) is 17.6 Å². The second kappa shape index (κ2) is 7.94. The molecule has 8 heteroatoms. The molecular weight excluding hydrogens is 366 g/mol. The van der Waals surface area contributed by atoms with E-state index < -0.39 is 0 Å². The first-order chi connectivity index (χ1) is 13.9. The summed E-state index contributed by atoms with van der Waals surface area (Å²) in [7, 11) is 4.01. The topological polar surface area (TPSA) is 100 Å². The van der Waals surface area contributed by atoms with Crippen molar-refractivity contribution in [2.24, 2.45) is 11.8 Å².